The van der Waals surface area contributed by atoms with Gasteiger partial charge in [-0.3, -0.25) is 9.59 Å². The fourth-order valence-electron chi connectivity index (χ4n) is 2.17. The summed E-state index contributed by atoms with van der Waals surface area (Å²) >= 11 is 0. The summed E-state index contributed by atoms with van der Waals surface area (Å²) in [6.07, 6.45) is -2.03. The van der Waals surface area contributed by atoms with Crippen molar-refractivity contribution in [1.29, 1.82) is 0 Å². The van der Waals surface area contributed by atoms with Crippen LogP contribution < -0.4 is 15.4 Å². The van der Waals surface area contributed by atoms with E-state index in [0.717, 1.165) is 0 Å². The van der Waals surface area contributed by atoms with Gasteiger partial charge in [-0.25, -0.2) is 9.18 Å². The molecular formula is C20H21FN2O5. The van der Waals surface area contributed by atoms with Crippen LogP contribution in [0.4, 0.5) is 15.8 Å². The van der Waals surface area contributed by atoms with Gasteiger partial charge in [0.2, 0.25) is 5.91 Å². The summed E-state index contributed by atoms with van der Waals surface area (Å²) in [6, 6.07) is 11.7. The largest absolute Gasteiger partial charge is 0.479 e. The first-order valence-corrected chi connectivity index (χ1v) is 8.56. The van der Waals surface area contributed by atoms with Gasteiger partial charge in [0.1, 0.15) is 11.6 Å². The maximum absolute atomic E-state index is 12.9. The summed E-state index contributed by atoms with van der Waals surface area (Å²) in [5.74, 6) is -1.56. The van der Waals surface area contributed by atoms with E-state index in [9.17, 15) is 18.8 Å². The maximum atomic E-state index is 12.9. The first-order chi connectivity index (χ1) is 13.2. The van der Waals surface area contributed by atoms with Crippen molar-refractivity contribution >= 4 is 29.2 Å². The summed E-state index contributed by atoms with van der Waals surface area (Å²) in [4.78, 5) is 35.3. The molecule has 0 radical (unpaired) electrons. The zero-order valence-electron chi connectivity index (χ0n) is 15.7. The Morgan fingerprint density at radius 2 is 1.39 bits per heavy atom. The van der Waals surface area contributed by atoms with Gasteiger partial charge in [-0.05, 0) is 62.4 Å². The van der Waals surface area contributed by atoms with Crippen molar-refractivity contribution in [2.24, 2.45) is 0 Å². The normalized spacial score (nSPS) is 12.4. The van der Waals surface area contributed by atoms with Crippen LogP contribution in [0.1, 0.15) is 20.8 Å². The average molecular weight is 388 g/mol. The zero-order valence-corrected chi connectivity index (χ0v) is 15.7. The summed E-state index contributed by atoms with van der Waals surface area (Å²) < 4.78 is 23.4. The van der Waals surface area contributed by atoms with Crippen molar-refractivity contribution in [2.75, 3.05) is 10.6 Å². The van der Waals surface area contributed by atoms with Crippen molar-refractivity contribution in [3.8, 4) is 5.75 Å². The molecule has 0 aliphatic rings. The fourth-order valence-corrected chi connectivity index (χ4v) is 2.17. The molecule has 0 saturated heterocycles. The number of anilines is 2. The fraction of sp³-hybridized carbons (Fsp3) is 0.250. The summed E-state index contributed by atoms with van der Waals surface area (Å²) in [6.45, 7) is 4.30. The molecule has 28 heavy (non-hydrogen) atoms. The molecule has 0 fully saturated rings. The first kappa shape index (κ1) is 20.9. The van der Waals surface area contributed by atoms with E-state index in [4.69, 9.17) is 9.47 Å². The predicted molar refractivity (Wildman–Crippen MR) is 101 cm³/mol. The number of benzene rings is 2. The Morgan fingerprint density at radius 3 is 1.93 bits per heavy atom. The minimum Gasteiger partial charge on any atom is -0.479 e. The molecule has 0 saturated carbocycles. The van der Waals surface area contributed by atoms with Gasteiger partial charge < -0.3 is 20.1 Å². The molecule has 2 amide bonds. The minimum atomic E-state index is -1.05. The van der Waals surface area contributed by atoms with Gasteiger partial charge in [0, 0.05) is 18.3 Å². The van der Waals surface area contributed by atoms with Crippen LogP contribution in [0.25, 0.3) is 0 Å². The quantitative estimate of drug-likeness (QED) is 0.711. The van der Waals surface area contributed by atoms with Crippen LogP contribution in [-0.4, -0.2) is 30.0 Å². The average Bonchev–Trinajstić information content (AvgIpc) is 2.64. The molecule has 0 heterocycles. The van der Waals surface area contributed by atoms with Crippen LogP contribution in [0.5, 0.6) is 5.75 Å². The highest BCUT2D eigenvalue weighted by Crippen LogP contribution is 2.15. The summed E-state index contributed by atoms with van der Waals surface area (Å²) in [5.41, 5.74) is 1.08. The standard InChI is InChI=1S/C20H21FN2O5/c1-12(19(25)23-17-8-6-16(7-9-17)22-14(3)24)28-20(26)13(2)27-18-10-4-15(21)5-11-18/h4-13H,1-3H3,(H,22,24)(H,23,25)/t12-,13+/m0/s1. The zero-order chi connectivity index (χ0) is 20.7. The van der Waals surface area contributed by atoms with Crippen LogP contribution in [0.2, 0.25) is 0 Å². The highest BCUT2D eigenvalue weighted by atomic mass is 19.1. The van der Waals surface area contributed by atoms with Gasteiger partial charge in [0.25, 0.3) is 5.91 Å². The van der Waals surface area contributed by atoms with E-state index >= 15 is 0 Å². The summed E-state index contributed by atoms with van der Waals surface area (Å²) in [5, 5.41) is 5.23. The van der Waals surface area contributed by atoms with Crippen LogP contribution in [0.15, 0.2) is 48.5 Å². The molecule has 0 aliphatic heterocycles. The molecule has 148 valence electrons. The van der Waals surface area contributed by atoms with Crippen LogP contribution in [0.3, 0.4) is 0 Å². The lowest BCUT2D eigenvalue weighted by Gasteiger charge is -2.18. The number of amides is 2. The number of nitrogens with one attached hydrogen (secondary N) is 2. The van der Waals surface area contributed by atoms with Gasteiger partial charge in [0.05, 0.1) is 0 Å². The number of halogens is 1. The van der Waals surface area contributed by atoms with Crippen molar-refractivity contribution in [2.45, 2.75) is 33.0 Å². The minimum absolute atomic E-state index is 0.200. The lowest BCUT2D eigenvalue weighted by molar-refractivity contribution is -0.159. The Labute approximate surface area is 161 Å². The van der Waals surface area contributed by atoms with Crippen molar-refractivity contribution < 1.29 is 28.2 Å². The Kier molecular flexibility index (Phi) is 7.08. The summed E-state index contributed by atoms with van der Waals surface area (Å²) in [7, 11) is 0. The van der Waals surface area contributed by atoms with Gasteiger partial charge >= 0.3 is 5.97 Å². The van der Waals surface area contributed by atoms with Gasteiger partial charge in [-0.1, -0.05) is 0 Å². The smallest absolute Gasteiger partial charge is 0.347 e. The third-order valence-corrected chi connectivity index (χ3v) is 3.59. The molecule has 2 atom stereocenters. The molecule has 8 heteroatoms. The van der Waals surface area contributed by atoms with E-state index in [0.29, 0.717) is 17.1 Å². The lowest BCUT2D eigenvalue weighted by Crippen LogP contribution is -2.35. The van der Waals surface area contributed by atoms with Gasteiger partial charge in [-0.2, -0.15) is 0 Å². The van der Waals surface area contributed by atoms with E-state index in [1.807, 2.05) is 0 Å². The SMILES string of the molecule is CC(=O)Nc1ccc(NC(=O)[C@H](C)OC(=O)[C@@H](C)Oc2ccc(F)cc2)cc1. The van der Waals surface area contributed by atoms with E-state index in [1.165, 1.54) is 45.0 Å². The lowest BCUT2D eigenvalue weighted by atomic mass is 10.2. The van der Waals surface area contributed by atoms with Crippen molar-refractivity contribution in [3.63, 3.8) is 0 Å². The third-order valence-electron chi connectivity index (χ3n) is 3.59. The molecule has 0 unspecified atom stereocenters. The van der Waals surface area contributed by atoms with Gasteiger partial charge in [-0.15, -0.1) is 0 Å². The number of esters is 1. The topological polar surface area (TPSA) is 93.7 Å². The number of ether oxygens (including phenoxy) is 2. The molecule has 0 spiro atoms. The number of rotatable bonds is 7. The van der Waals surface area contributed by atoms with Crippen LogP contribution in [0, 0.1) is 5.82 Å². The van der Waals surface area contributed by atoms with Crippen LogP contribution >= 0.6 is 0 Å². The van der Waals surface area contributed by atoms with E-state index in [2.05, 4.69) is 10.6 Å². The Hall–Kier alpha value is -3.42. The molecule has 0 aliphatic carbocycles. The Bertz CT molecular complexity index is 837. The van der Waals surface area contributed by atoms with E-state index in [-0.39, 0.29) is 5.91 Å². The first-order valence-electron chi connectivity index (χ1n) is 8.56. The molecular weight excluding hydrogens is 367 g/mol. The Morgan fingerprint density at radius 1 is 0.857 bits per heavy atom. The highest BCUT2D eigenvalue weighted by Gasteiger charge is 2.23. The molecule has 2 aromatic carbocycles. The molecule has 2 aromatic rings. The number of carbonyl (C=O) groups excluding carboxylic acids is 3. The van der Waals surface area contributed by atoms with Crippen molar-refractivity contribution in [3.05, 3.63) is 54.3 Å². The monoisotopic (exact) mass is 388 g/mol. The number of hydrogen-bond acceptors (Lipinski definition) is 5. The van der Waals surface area contributed by atoms with Gasteiger partial charge in [0.15, 0.2) is 12.2 Å². The second-order valence-corrected chi connectivity index (χ2v) is 6.04. The molecule has 0 aromatic heterocycles. The van der Waals surface area contributed by atoms with Crippen LogP contribution in [-0.2, 0) is 19.1 Å². The second kappa shape index (κ2) is 9.50. The Balaban J connectivity index is 1.85. The highest BCUT2D eigenvalue weighted by molar-refractivity contribution is 5.95. The maximum Gasteiger partial charge on any atom is 0.347 e. The molecule has 2 rings (SSSR count). The number of hydrogen-bond donors (Lipinski definition) is 2. The van der Waals surface area contributed by atoms with E-state index < -0.39 is 29.9 Å². The van der Waals surface area contributed by atoms with E-state index in [1.54, 1.807) is 24.3 Å². The molecule has 0 bridgehead atoms. The predicted octanol–water partition coefficient (Wildman–Crippen LogP) is 3.12. The second-order valence-electron chi connectivity index (χ2n) is 6.04. The number of carbonyl (C=O) groups is 3. The molecule has 7 nitrogen and oxygen atoms in total. The van der Waals surface area contributed by atoms with Crippen molar-refractivity contribution in [1.82, 2.24) is 0 Å². The molecule has 2 N–H and O–H groups in total. The third kappa shape index (κ3) is 6.39.